The zero-order valence-corrected chi connectivity index (χ0v) is 25.1. The zero-order valence-electron chi connectivity index (χ0n) is 23.4. The van der Waals surface area contributed by atoms with Gasteiger partial charge in [0.15, 0.2) is 23.2 Å². The van der Waals surface area contributed by atoms with Crippen LogP contribution in [0.15, 0.2) is 36.7 Å². The third-order valence-electron chi connectivity index (χ3n) is 6.86. The molecule has 2 aromatic heterocycles. The molecule has 6 atom stereocenters. The summed E-state index contributed by atoms with van der Waals surface area (Å²) < 4.78 is 80.0. The Morgan fingerprint density at radius 3 is 2.66 bits per heavy atom. The lowest BCUT2D eigenvalue weighted by Crippen LogP contribution is -2.53. The van der Waals surface area contributed by atoms with Crippen molar-refractivity contribution < 1.29 is 46.2 Å². The molecule has 1 saturated carbocycles. The first-order chi connectivity index (χ1) is 20.8. The van der Waals surface area contributed by atoms with Crippen molar-refractivity contribution in [2.75, 3.05) is 24.3 Å². The summed E-state index contributed by atoms with van der Waals surface area (Å²) in [6.45, 7) is 2.03. The highest BCUT2D eigenvalue weighted by atomic mass is 35.5. The fourth-order valence-corrected chi connectivity index (χ4v) is 6.33. The third kappa shape index (κ3) is 6.43. The number of hydrogen-bond acceptors (Lipinski definition) is 12. The van der Waals surface area contributed by atoms with Crippen molar-refractivity contribution >= 4 is 48.2 Å². The van der Waals surface area contributed by atoms with E-state index in [1.807, 2.05) is 0 Å². The number of esters is 1. The number of nitrogens with two attached hydrogens (primary N) is 1. The number of anilines is 2. The van der Waals surface area contributed by atoms with Crippen LogP contribution in [0, 0.1) is 0 Å². The molecule has 0 bridgehead atoms. The monoisotopic (exact) mass is 663 g/mol. The number of aliphatic hydroxyl groups excluding tert-OH is 1. The summed E-state index contributed by atoms with van der Waals surface area (Å²) >= 11 is 6.19. The van der Waals surface area contributed by atoms with Crippen LogP contribution in [0.3, 0.4) is 0 Å². The molecule has 1 aromatic carbocycles. The Morgan fingerprint density at radius 1 is 1.32 bits per heavy atom. The largest absolute Gasteiger partial charge is 0.465 e. The maximum absolute atomic E-state index is 14.6. The van der Waals surface area contributed by atoms with Crippen molar-refractivity contribution in [1.29, 1.82) is 0 Å². The van der Waals surface area contributed by atoms with Crippen LogP contribution in [0.5, 0.6) is 5.75 Å². The van der Waals surface area contributed by atoms with E-state index in [1.54, 1.807) is 25.1 Å². The Morgan fingerprint density at radius 2 is 2.02 bits per heavy atom. The molecular formula is C25H30ClF3N7O7P. The van der Waals surface area contributed by atoms with Gasteiger partial charge in [0.05, 0.1) is 19.5 Å². The van der Waals surface area contributed by atoms with Gasteiger partial charge in [-0.15, -0.1) is 11.6 Å². The van der Waals surface area contributed by atoms with Crippen LogP contribution >= 0.6 is 19.3 Å². The van der Waals surface area contributed by atoms with Gasteiger partial charge in [-0.1, -0.05) is 18.2 Å². The molecule has 5 rings (SSSR count). The van der Waals surface area contributed by atoms with Gasteiger partial charge in [0.2, 0.25) is 10.8 Å². The summed E-state index contributed by atoms with van der Waals surface area (Å²) in [5, 5.41) is 16.5. The fraction of sp³-hybridized carbons (Fsp3) is 0.520. The number of carbonyl (C=O) groups is 1. The van der Waals surface area contributed by atoms with Crippen LogP contribution in [0.2, 0.25) is 0 Å². The van der Waals surface area contributed by atoms with E-state index in [9.17, 15) is 27.6 Å². The highest BCUT2D eigenvalue weighted by Crippen LogP contribution is 2.55. The van der Waals surface area contributed by atoms with Crippen LogP contribution in [0.1, 0.15) is 32.9 Å². The van der Waals surface area contributed by atoms with Crippen molar-refractivity contribution in [3.63, 3.8) is 0 Å². The summed E-state index contributed by atoms with van der Waals surface area (Å²) in [6.07, 6.45) is -8.84. The van der Waals surface area contributed by atoms with Crippen LogP contribution in [-0.4, -0.2) is 79.2 Å². The number of fused-ring (bicyclic) bond motifs is 1. The van der Waals surface area contributed by atoms with E-state index in [1.165, 1.54) is 19.1 Å². The van der Waals surface area contributed by atoms with Gasteiger partial charge < -0.3 is 30.2 Å². The molecule has 0 radical (unpaired) electrons. The molecule has 2 aliphatic rings. The Bertz CT molecular complexity index is 1550. The predicted molar refractivity (Wildman–Crippen MR) is 151 cm³/mol. The molecule has 0 spiro atoms. The SMILES string of the molecule is CCOC(=O)[C@@H](C)N[P@](=O)(OC[C@H]1O[C@@H](n2cnc3c(NC4CC4)nc(N)nc32)[C@@](Cl)(C(F)(F)F)[C@@H]1O)Oc1ccccc1. The van der Waals surface area contributed by atoms with E-state index in [4.69, 9.17) is 35.9 Å². The average Bonchev–Trinajstić information content (AvgIpc) is 3.61. The number of rotatable bonds is 12. The number of nitrogens with one attached hydrogen (secondary N) is 2. The Kier molecular flexibility index (Phi) is 8.99. The number of carbonyl (C=O) groups excluding carboxylic acids is 1. The van der Waals surface area contributed by atoms with Crippen molar-refractivity contribution in [2.24, 2.45) is 0 Å². The van der Waals surface area contributed by atoms with Crippen LogP contribution in [0.25, 0.3) is 11.2 Å². The minimum atomic E-state index is -5.24. The van der Waals surface area contributed by atoms with E-state index in [0.717, 1.165) is 23.7 Å². The second kappa shape index (κ2) is 12.3. The first kappa shape index (κ1) is 32.2. The fourth-order valence-electron chi connectivity index (χ4n) is 4.53. The highest BCUT2D eigenvalue weighted by molar-refractivity contribution is 7.52. The molecule has 1 aliphatic heterocycles. The van der Waals surface area contributed by atoms with Gasteiger partial charge in [-0.05, 0) is 38.8 Å². The number of nitrogen functional groups attached to an aromatic ring is 1. The minimum Gasteiger partial charge on any atom is -0.465 e. The lowest BCUT2D eigenvalue weighted by Gasteiger charge is -2.32. The summed E-state index contributed by atoms with van der Waals surface area (Å²) in [5.41, 5.74) is 5.83. The molecule has 0 unspecified atom stereocenters. The van der Waals surface area contributed by atoms with Crippen molar-refractivity contribution in [2.45, 2.75) is 68.3 Å². The molecule has 44 heavy (non-hydrogen) atoms. The average molecular weight is 664 g/mol. The minimum absolute atomic E-state index is 0.0337. The van der Waals surface area contributed by atoms with Gasteiger partial charge in [0.25, 0.3) is 0 Å². The Hall–Kier alpha value is -3.21. The quantitative estimate of drug-likeness (QED) is 0.125. The van der Waals surface area contributed by atoms with E-state index in [0.29, 0.717) is 0 Å². The number of aromatic nitrogens is 4. The summed E-state index contributed by atoms with van der Waals surface area (Å²) in [4.78, 5) is 21.1. The predicted octanol–water partition coefficient (Wildman–Crippen LogP) is 3.53. The topological polar surface area (TPSA) is 185 Å². The molecule has 1 aliphatic carbocycles. The van der Waals surface area contributed by atoms with Gasteiger partial charge in [0.1, 0.15) is 24.0 Å². The van der Waals surface area contributed by atoms with Gasteiger partial charge >= 0.3 is 19.9 Å². The number of hydrogen-bond donors (Lipinski definition) is 4. The number of ether oxygens (including phenoxy) is 2. The summed E-state index contributed by atoms with van der Waals surface area (Å²) in [5.74, 6) is -0.746. The summed E-state index contributed by atoms with van der Waals surface area (Å²) in [7, 11) is -4.51. The number of alkyl halides is 4. The van der Waals surface area contributed by atoms with Crippen LogP contribution < -0.4 is 20.7 Å². The second-order valence-electron chi connectivity index (χ2n) is 10.2. The number of imidazole rings is 1. The first-order valence-electron chi connectivity index (χ1n) is 13.5. The molecular weight excluding hydrogens is 634 g/mol. The Balaban J connectivity index is 1.44. The van der Waals surface area contributed by atoms with E-state index in [2.05, 4.69) is 25.4 Å². The molecule has 14 nitrogen and oxygen atoms in total. The number of para-hydroxylation sites is 1. The number of aliphatic hydroxyl groups is 1. The van der Waals surface area contributed by atoms with E-state index >= 15 is 0 Å². The number of benzene rings is 1. The first-order valence-corrected chi connectivity index (χ1v) is 15.5. The molecule has 3 aromatic rings. The maximum atomic E-state index is 14.6. The highest BCUT2D eigenvalue weighted by Gasteiger charge is 2.71. The molecule has 19 heteroatoms. The standard InChI is InChI=1S/C25H30ClF3N7O7P/c1-3-40-21(38)13(2)35-44(39,43-15-7-5-4-6-8-15)41-11-16-18(37)24(26,25(27,28)29)22(42-16)36-12-31-17-19(32-14-9-10-14)33-23(30)34-20(17)36/h4-8,12-14,16,18,22,37H,3,9-11H2,1-2H3,(H,35,39)(H3,30,32,33,34)/t13-,16-,18-,22-,24-,44+/m1/s1. The smallest absolute Gasteiger partial charge is 0.459 e. The maximum Gasteiger partial charge on any atom is 0.459 e. The second-order valence-corrected chi connectivity index (χ2v) is 12.5. The van der Waals surface area contributed by atoms with Crippen molar-refractivity contribution in [3.05, 3.63) is 36.7 Å². The lowest BCUT2D eigenvalue weighted by atomic mass is 9.98. The molecule has 5 N–H and O–H groups in total. The van der Waals surface area contributed by atoms with E-state index in [-0.39, 0.29) is 41.3 Å². The third-order valence-corrected chi connectivity index (χ3v) is 9.13. The Labute approximate surface area is 254 Å². The van der Waals surface area contributed by atoms with Crippen LogP contribution in [0.4, 0.5) is 24.9 Å². The molecule has 1 saturated heterocycles. The normalized spacial score (nSPS) is 25.8. The van der Waals surface area contributed by atoms with Crippen molar-refractivity contribution in [1.82, 2.24) is 24.6 Å². The number of nitrogens with zero attached hydrogens (tertiary/aromatic N) is 4. The van der Waals surface area contributed by atoms with Crippen LogP contribution in [-0.2, 0) is 23.4 Å². The van der Waals surface area contributed by atoms with Gasteiger partial charge in [0, 0.05) is 6.04 Å². The van der Waals surface area contributed by atoms with Gasteiger partial charge in [-0.25, -0.2) is 9.55 Å². The van der Waals surface area contributed by atoms with Gasteiger partial charge in [-0.2, -0.15) is 28.2 Å². The lowest BCUT2D eigenvalue weighted by molar-refractivity contribution is -0.195. The summed E-state index contributed by atoms with van der Waals surface area (Å²) in [6, 6.07) is 6.60. The van der Waals surface area contributed by atoms with Crippen molar-refractivity contribution in [3.8, 4) is 5.75 Å². The zero-order chi connectivity index (χ0) is 31.9. The number of halogens is 4. The molecule has 240 valence electrons. The van der Waals surface area contributed by atoms with Gasteiger partial charge in [-0.3, -0.25) is 13.9 Å². The molecule has 3 heterocycles. The van der Waals surface area contributed by atoms with E-state index < -0.39 is 55.9 Å². The molecule has 0 amide bonds. The molecule has 2 fully saturated rings.